The summed E-state index contributed by atoms with van der Waals surface area (Å²) in [6, 6.07) is 0.667. The maximum absolute atomic E-state index is 4.82. The third-order valence-electron chi connectivity index (χ3n) is 4.99. The number of nitrogens with zero attached hydrogens (tertiary/aromatic N) is 1. The third-order valence-corrected chi connectivity index (χ3v) is 6.27. The summed E-state index contributed by atoms with van der Waals surface area (Å²) in [4.78, 5) is 4.82. The van der Waals surface area contributed by atoms with E-state index in [4.69, 9.17) is 4.99 Å². The molecular weight excluding hydrogens is 240 g/mol. The van der Waals surface area contributed by atoms with Crippen molar-refractivity contribution in [3.63, 3.8) is 0 Å². The third kappa shape index (κ3) is 3.23. The molecule has 1 aliphatic carbocycles. The largest absolute Gasteiger partial charge is 0.362 e. The second kappa shape index (κ2) is 6.31. The smallest absolute Gasteiger partial charge is 0.156 e. The number of aliphatic imine (C=N–C) groups is 1. The molecule has 0 spiro atoms. The number of hydrogen-bond donors (Lipinski definition) is 1. The van der Waals surface area contributed by atoms with Gasteiger partial charge in [-0.3, -0.25) is 4.99 Å². The highest BCUT2D eigenvalue weighted by Crippen LogP contribution is 2.35. The standard InChI is InChI=1S/C15H28N2S/c1-4-15(5-2)10-16-14(18-11-15)17-13-9-7-6-8-12(13)3/h12-13H,4-11H2,1-3H3,(H,16,17). The van der Waals surface area contributed by atoms with Crippen molar-refractivity contribution in [1.29, 1.82) is 0 Å². The molecule has 2 atom stereocenters. The lowest BCUT2D eigenvalue weighted by Gasteiger charge is -2.36. The summed E-state index contributed by atoms with van der Waals surface area (Å²) in [5.74, 6) is 2.05. The van der Waals surface area contributed by atoms with E-state index in [9.17, 15) is 0 Å². The number of amidine groups is 1. The zero-order valence-electron chi connectivity index (χ0n) is 12.2. The number of hydrogen-bond acceptors (Lipinski definition) is 3. The number of nitrogens with one attached hydrogen (secondary N) is 1. The monoisotopic (exact) mass is 268 g/mol. The van der Waals surface area contributed by atoms with E-state index in [2.05, 4.69) is 26.1 Å². The molecule has 18 heavy (non-hydrogen) atoms. The lowest BCUT2D eigenvalue weighted by Crippen LogP contribution is -2.43. The molecule has 1 N–H and O–H groups in total. The van der Waals surface area contributed by atoms with Gasteiger partial charge in [0.25, 0.3) is 0 Å². The molecule has 2 aliphatic rings. The summed E-state index contributed by atoms with van der Waals surface area (Å²) in [6.45, 7) is 8.02. The van der Waals surface area contributed by atoms with Crippen molar-refractivity contribution in [3.05, 3.63) is 0 Å². The molecule has 1 saturated carbocycles. The van der Waals surface area contributed by atoms with Crippen LogP contribution in [0.4, 0.5) is 0 Å². The van der Waals surface area contributed by atoms with Crippen molar-refractivity contribution in [2.24, 2.45) is 16.3 Å². The normalized spacial score (nSPS) is 31.8. The first kappa shape index (κ1) is 14.2. The van der Waals surface area contributed by atoms with Crippen LogP contribution in [0.25, 0.3) is 0 Å². The van der Waals surface area contributed by atoms with Crippen LogP contribution in [0.5, 0.6) is 0 Å². The van der Waals surface area contributed by atoms with Crippen LogP contribution < -0.4 is 5.32 Å². The number of thioether (sulfide) groups is 1. The van der Waals surface area contributed by atoms with Gasteiger partial charge in [-0.1, -0.05) is 45.4 Å². The van der Waals surface area contributed by atoms with Gasteiger partial charge in [-0.25, -0.2) is 0 Å². The van der Waals surface area contributed by atoms with E-state index in [1.54, 1.807) is 0 Å². The Labute approximate surface area is 116 Å². The van der Waals surface area contributed by atoms with Crippen molar-refractivity contribution in [3.8, 4) is 0 Å². The van der Waals surface area contributed by atoms with E-state index < -0.39 is 0 Å². The summed E-state index contributed by atoms with van der Waals surface area (Å²) in [5, 5.41) is 4.92. The predicted molar refractivity (Wildman–Crippen MR) is 82.3 cm³/mol. The van der Waals surface area contributed by atoms with Gasteiger partial charge >= 0.3 is 0 Å². The van der Waals surface area contributed by atoms with Crippen LogP contribution in [0.3, 0.4) is 0 Å². The summed E-state index contributed by atoms with van der Waals surface area (Å²) < 4.78 is 0. The Morgan fingerprint density at radius 2 is 2.00 bits per heavy atom. The summed E-state index contributed by atoms with van der Waals surface area (Å²) >= 11 is 1.95. The molecule has 0 amide bonds. The second-order valence-corrected chi connectivity index (χ2v) is 7.09. The van der Waals surface area contributed by atoms with Crippen LogP contribution in [0, 0.1) is 11.3 Å². The van der Waals surface area contributed by atoms with Crippen LogP contribution in [0.2, 0.25) is 0 Å². The Balaban J connectivity index is 1.89. The molecular formula is C15H28N2S. The molecule has 3 heteroatoms. The average molecular weight is 268 g/mol. The fourth-order valence-electron chi connectivity index (χ4n) is 3.01. The molecule has 104 valence electrons. The maximum Gasteiger partial charge on any atom is 0.156 e. The molecule has 1 aliphatic heterocycles. The van der Waals surface area contributed by atoms with Crippen molar-refractivity contribution in [2.45, 2.75) is 65.3 Å². The fraction of sp³-hybridized carbons (Fsp3) is 0.933. The SMILES string of the molecule is CCC1(CC)CN=C(NC2CCCCC2C)SC1. The van der Waals surface area contributed by atoms with Gasteiger partial charge in [-0.15, -0.1) is 0 Å². The van der Waals surface area contributed by atoms with Gasteiger partial charge in [-0.05, 0) is 37.0 Å². The Kier molecular flexibility index (Phi) is 4.99. The Morgan fingerprint density at radius 3 is 2.56 bits per heavy atom. The molecule has 0 aromatic rings. The number of rotatable bonds is 3. The van der Waals surface area contributed by atoms with Crippen LogP contribution in [0.1, 0.15) is 59.3 Å². The van der Waals surface area contributed by atoms with Crippen molar-refractivity contribution < 1.29 is 0 Å². The van der Waals surface area contributed by atoms with E-state index in [0.29, 0.717) is 11.5 Å². The molecule has 0 aromatic carbocycles. The van der Waals surface area contributed by atoms with E-state index in [-0.39, 0.29) is 0 Å². The topological polar surface area (TPSA) is 24.4 Å². The van der Waals surface area contributed by atoms with Gasteiger partial charge in [0, 0.05) is 18.3 Å². The maximum atomic E-state index is 4.82. The highest BCUT2D eigenvalue weighted by atomic mass is 32.2. The Hall–Kier alpha value is -0.180. The van der Waals surface area contributed by atoms with Crippen LogP contribution >= 0.6 is 11.8 Å². The molecule has 0 saturated heterocycles. The van der Waals surface area contributed by atoms with Crippen molar-refractivity contribution in [1.82, 2.24) is 5.32 Å². The Morgan fingerprint density at radius 1 is 1.28 bits per heavy atom. The molecule has 0 bridgehead atoms. The lowest BCUT2D eigenvalue weighted by molar-refractivity contribution is 0.303. The van der Waals surface area contributed by atoms with Crippen molar-refractivity contribution >= 4 is 16.9 Å². The molecule has 2 nitrogen and oxygen atoms in total. The summed E-state index contributed by atoms with van der Waals surface area (Å²) in [7, 11) is 0. The van der Waals surface area contributed by atoms with Crippen LogP contribution in [-0.2, 0) is 0 Å². The highest BCUT2D eigenvalue weighted by molar-refractivity contribution is 8.13. The zero-order valence-corrected chi connectivity index (χ0v) is 13.0. The average Bonchev–Trinajstić information content (AvgIpc) is 2.43. The van der Waals surface area contributed by atoms with Gasteiger partial charge in [0.15, 0.2) is 5.17 Å². The molecule has 2 unspecified atom stereocenters. The van der Waals surface area contributed by atoms with Crippen LogP contribution in [-0.4, -0.2) is 23.5 Å². The minimum Gasteiger partial charge on any atom is -0.362 e. The minimum atomic E-state index is 0.466. The summed E-state index contributed by atoms with van der Waals surface area (Å²) in [6.07, 6.45) is 8.01. The van der Waals surface area contributed by atoms with Gasteiger partial charge in [0.2, 0.25) is 0 Å². The summed E-state index contributed by atoms with van der Waals surface area (Å²) in [5.41, 5.74) is 0.466. The quantitative estimate of drug-likeness (QED) is 0.834. The van der Waals surface area contributed by atoms with E-state index >= 15 is 0 Å². The zero-order chi connectivity index (χ0) is 13.0. The molecule has 0 radical (unpaired) electrons. The van der Waals surface area contributed by atoms with Gasteiger partial charge in [0.05, 0.1) is 0 Å². The van der Waals surface area contributed by atoms with Gasteiger partial charge in [0.1, 0.15) is 0 Å². The minimum absolute atomic E-state index is 0.466. The van der Waals surface area contributed by atoms with E-state index in [1.807, 2.05) is 11.8 Å². The van der Waals surface area contributed by atoms with Crippen molar-refractivity contribution in [2.75, 3.05) is 12.3 Å². The van der Waals surface area contributed by atoms with Crippen LogP contribution in [0.15, 0.2) is 4.99 Å². The highest BCUT2D eigenvalue weighted by Gasteiger charge is 2.31. The molecule has 2 rings (SSSR count). The van der Waals surface area contributed by atoms with E-state index in [1.165, 1.54) is 49.4 Å². The lowest BCUT2D eigenvalue weighted by atomic mass is 9.84. The van der Waals surface area contributed by atoms with E-state index in [0.717, 1.165) is 12.5 Å². The second-order valence-electron chi connectivity index (χ2n) is 6.13. The molecule has 0 aromatic heterocycles. The fourth-order valence-corrected chi connectivity index (χ4v) is 4.34. The molecule has 1 fully saturated rings. The molecule has 1 heterocycles. The Bertz CT molecular complexity index is 297. The van der Waals surface area contributed by atoms with Gasteiger partial charge in [-0.2, -0.15) is 0 Å². The predicted octanol–water partition coefficient (Wildman–Crippen LogP) is 4.06. The first-order chi connectivity index (χ1) is 8.69. The van der Waals surface area contributed by atoms with Gasteiger partial charge < -0.3 is 5.32 Å². The first-order valence-electron chi connectivity index (χ1n) is 7.63. The first-order valence-corrected chi connectivity index (χ1v) is 8.61.